The highest BCUT2D eigenvalue weighted by Crippen LogP contribution is 2.16. The Balaban J connectivity index is 2.40. The zero-order valence-electron chi connectivity index (χ0n) is 11.1. The van der Waals surface area contributed by atoms with Crippen molar-refractivity contribution in [1.82, 2.24) is 10.2 Å². The molecule has 0 radical (unpaired) electrons. The topological polar surface area (TPSA) is 52.6 Å². The van der Waals surface area contributed by atoms with Crippen LogP contribution in [0.1, 0.15) is 12.5 Å². The van der Waals surface area contributed by atoms with E-state index >= 15 is 0 Å². The summed E-state index contributed by atoms with van der Waals surface area (Å²) in [4.78, 5) is 12.3. The Labute approximate surface area is 115 Å². The van der Waals surface area contributed by atoms with Crippen molar-refractivity contribution in [3.63, 3.8) is 0 Å². The van der Waals surface area contributed by atoms with Crippen molar-refractivity contribution in [2.75, 3.05) is 19.6 Å². The number of nitrogens with zero attached hydrogens (tertiary/aromatic N) is 1. The molecule has 0 unspecified atom stereocenters. The molecule has 2 amide bonds. The van der Waals surface area contributed by atoms with Gasteiger partial charge in [0.2, 0.25) is 0 Å². The van der Waals surface area contributed by atoms with Crippen LogP contribution in [0.15, 0.2) is 24.3 Å². The third-order valence-electron chi connectivity index (χ3n) is 2.67. The quantitative estimate of drug-likeness (QED) is 0.875. The fourth-order valence-corrected chi connectivity index (χ4v) is 1.63. The number of halogens is 3. The third kappa shape index (κ3) is 5.81. The summed E-state index contributed by atoms with van der Waals surface area (Å²) in [5.41, 5.74) is 0.877. The van der Waals surface area contributed by atoms with Gasteiger partial charge < -0.3 is 15.3 Å². The van der Waals surface area contributed by atoms with Crippen LogP contribution in [0.3, 0.4) is 0 Å². The number of carbonyl (C=O) groups excluding carboxylic acids is 1. The lowest BCUT2D eigenvalue weighted by Crippen LogP contribution is -2.45. The van der Waals surface area contributed by atoms with E-state index in [4.69, 9.17) is 5.11 Å². The summed E-state index contributed by atoms with van der Waals surface area (Å²) >= 11 is 0. The van der Waals surface area contributed by atoms with Crippen molar-refractivity contribution >= 4 is 6.03 Å². The van der Waals surface area contributed by atoms with Gasteiger partial charge in [0.05, 0.1) is 0 Å². The number of hydrogen-bond donors (Lipinski definition) is 2. The summed E-state index contributed by atoms with van der Waals surface area (Å²) in [5.74, 6) is 0.139. The second kappa shape index (κ2) is 7.02. The number of phenols is 1. The van der Waals surface area contributed by atoms with Crippen LogP contribution >= 0.6 is 0 Å². The van der Waals surface area contributed by atoms with E-state index in [1.165, 1.54) is 19.1 Å². The highest BCUT2D eigenvalue weighted by molar-refractivity contribution is 5.74. The number of benzene rings is 1. The van der Waals surface area contributed by atoms with Crippen LogP contribution in [0, 0.1) is 0 Å². The van der Waals surface area contributed by atoms with Crippen molar-refractivity contribution in [2.24, 2.45) is 0 Å². The monoisotopic (exact) mass is 290 g/mol. The van der Waals surface area contributed by atoms with Crippen LogP contribution in [0.5, 0.6) is 5.75 Å². The van der Waals surface area contributed by atoms with Crippen molar-refractivity contribution in [2.45, 2.75) is 19.5 Å². The van der Waals surface area contributed by atoms with Crippen molar-refractivity contribution in [1.29, 1.82) is 0 Å². The normalized spacial score (nSPS) is 11.2. The van der Waals surface area contributed by atoms with Gasteiger partial charge >= 0.3 is 12.2 Å². The fourth-order valence-electron chi connectivity index (χ4n) is 1.63. The Bertz CT molecular complexity index is 432. The molecule has 0 fully saturated rings. The molecule has 2 N–H and O–H groups in total. The minimum Gasteiger partial charge on any atom is -0.508 e. The molecule has 4 nitrogen and oxygen atoms in total. The fraction of sp³-hybridized carbons (Fsp3) is 0.462. The van der Waals surface area contributed by atoms with E-state index in [2.05, 4.69) is 5.32 Å². The van der Waals surface area contributed by atoms with Gasteiger partial charge in [-0.15, -0.1) is 0 Å². The second-order valence-corrected chi connectivity index (χ2v) is 4.28. The molecule has 0 atom stereocenters. The predicted octanol–water partition coefficient (Wildman–Crippen LogP) is 2.53. The first-order chi connectivity index (χ1) is 9.31. The molecule has 0 heterocycles. The zero-order chi connectivity index (χ0) is 15.2. The molecule has 0 aliphatic heterocycles. The molecule has 7 heteroatoms. The number of hydrogen-bond acceptors (Lipinski definition) is 2. The summed E-state index contributed by atoms with van der Waals surface area (Å²) < 4.78 is 36.7. The third-order valence-corrected chi connectivity index (χ3v) is 2.67. The molecule has 1 rings (SSSR count). The van der Waals surface area contributed by atoms with E-state index in [0.29, 0.717) is 11.3 Å². The summed E-state index contributed by atoms with van der Waals surface area (Å²) in [6.45, 7) is 0.461. The van der Waals surface area contributed by atoms with Crippen LogP contribution in [0.4, 0.5) is 18.0 Å². The highest BCUT2D eigenvalue weighted by Gasteiger charge is 2.32. The molecule has 0 aromatic heterocycles. The average Bonchev–Trinajstić information content (AvgIpc) is 2.37. The number of aromatic hydroxyl groups is 1. The molecule has 1 aromatic carbocycles. The number of phenolic OH excluding ortho intramolecular Hbond substituents is 1. The standard InChI is InChI=1S/C13H17F3N2O2/c1-2-18(9-13(14,15)16)12(20)17-8-7-10-3-5-11(19)6-4-10/h3-6,19H,2,7-9H2,1H3,(H,17,20). The maximum absolute atomic E-state index is 12.2. The minimum absolute atomic E-state index is 0.00937. The van der Waals surface area contributed by atoms with Crippen LogP contribution < -0.4 is 5.32 Å². The maximum atomic E-state index is 12.2. The van der Waals surface area contributed by atoms with Crippen LogP contribution in [0.25, 0.3) is 0 Å². The lowest BCUT2D eigenvalue weighted by Gasteiger charge is -2.22. The average molecular weight is 290 g/mol. The van der Waals surface area contributed by atoms with Gasteiger partial charge in [-0.05, 0) is 31.0 Å². The summed E-state index contributed by atoms with van der Waals surface area (Å²) in [6.07, 6.45) is -3.92. The molecule has 20 heavy (non-hydrogen) atoms. The summed E-state index contributed by atoms with van der Waals surface area (Å²) in [6, 6.07) is 5.67. The van der Waals surface area contributed by atoms with Crippen LogP contribution in [-0.2, 0) is 6.42 Å². The van der Waals surface area contributed by atoms with E-state index in [1.807, 2.05) is 0 Å². The molecule has 0 spiro atoms. The highest BCUT2D eigenvalue weighted by atomic mass is 19.4. The largest absolute Gasteiger partial charge is 0.508 e. The SMILES string of the molecule is CCN(CC(F)(F)F)C(=O)NCCc1ccc(O)cc1. The lowest BCUT2D eigenvalue weighted by atomic mass is 10.1. The van der Waals surface area contributed by atoms with Gasteiger partial charge in [-0.2, -0.15) is 13.2 Å². The van der Waals surface area contributed by atoms with Gasteiger partial charge in [-0.25, -0.2) is 4.79 Å². The molecule has 112 valence electrons. The van der Waals surface area contributed by atoms with E-state index in [9.17, 15) is 18.0 Å². The molecular weight excluding hydrogens is 273 g/mol. The van der Waals surface area contributed by atoms with Gasteiger partial charge in [0.15, 0.2) is 0 Å². The number of amides is 2. The molecule has 1 aromatic rings. The van der Waals surface area contributed by atoms with Gasteiger partial charge in [-0.1, -0.05) is 12.1 Å². The predicted molar refractivity (Wildman–Crippen MR) is 68.5 cm³/mol. The Morgan fingerprint density at radius 3 is 2.40 bits per heavy atom. The van der Waals surface area contributed by atoms with Gasteiger partial charge in [-0.3, -0.25) is 0 Å². The molecule has 0 aliphatic carbocycles. The zero-order valence-corrected chi connectivity index (χ0v) is 11.1. The Morgan fingerprint density at radius 2 is 1.90 bits per heavy atom. The summed E-state index contributed by atoms with van der Waals surface area (Å²) in [5, 5.41) is 11.5. The first kappa shape index (κ1) is 16.1. The Morgan fingerprint density at radius 1 is 1.30 bits per heavy atom. The molecule has 0 aliphatic rings. The van der Waals surface area contributed by atoms with Gasteiger partial charge in [0.1, 0.15) is 12.3 Å². The second-order valence-electron chi connectivity index (χ2n) is 4.28. The van der Waals surface area contributed by atoms with Crippen molar-refractivity contribution < 1.29 is 23.1 Å². The number of carbonyl (C=O) groups is 1. The van der Waals surface area contributed by atoms with E-state index < -0.39 is 18.8 Å². The van der Waals surface area contributed by atoms with Crippen LogP contribution in [0.2, 0.25) is 0 Å². The Hall–Kier alpha value is -1.92. The first-order valence-corrected chi connectivity index (χ1v) is 6.19. The van der Waals surface area contributed by atoms with E-state index in [-0.39, 0.29) is 18.8 Å². The number of urea groups is 1. The molecular formula is C13H17F3N2O2. The number of rotatable bonds is 5. The van der Waals surface area contributed by atoms with E-state index in [1.54, 1.807) is 12.1 Å². The molecule has 0 saturated carbocycles. The summed E-state index contributed by atoms with van der Waals surface area (Å²) in [7, 11) is 0. The van der Waals surface area contributed by atoms with Crippen molar-refractivity contribution in [3.05, 3.63) is 29.8 Å². The van der Waals surface area contributed by atoms with Gasteiger partial charge in [0.25, 0.3) is 0 Å². The number of nitrogens with one attached hydrogen (secondary N) is 1. The maximum Gasteiger partial charge on any atom is 0.406 e. The first-order valence-electron chi connectivity index (χ1n) is 6.19. The molecule has 0 bridgehead atoms. The minimum atomic E-state index is -4.40. The number of alkyl halides is 3. The smallest absolute Gasteiger partial charge is 0.406 e. The Kier molecular flexibility index (Phi) is 5.66. The lowest BCUT2D eigenvalue weighted by molar-refractivity contribution is -0.139. The van der Waals surface area contributed by atoms with Crippen molar-refractivity contribution in [3.8, 4) is 5.75 Å². The van der Waals surface area contributed by atoms with Gasteiger partial charge in [0, 0.05) is 13.1 Å². The van der Waals surface area contributed by atoms with Crippen LogP contribution in [-0.4, -0.2) is 41.8 Å². The van der Waals surface area contributed by atoms with E-state index in [0.717, 1.165) is 5.56 Å². The molecule has 0 saturated heterocycles.